The minimum atomic E-state index is -0.377. The summed E-state index contributed by atoms with van der Waals surface area (Å²) in [7, 11) is 0. The fourth-order valence-corrected chi connectivity index (χ4v) is 3.58. The SMILES string of the molecule is CCNC(=NCCNC(=O)c1ccc(C)c(F)c1)N1CCOC(C2CCCO2)C1. The molecule has 0 radical (unpaired) electrons. The number of hydrogen-bond acceptors (Lipinski definition) is 4. The van der Waals surface area contributed by atoms with Gasteiger partial charge in [-0.25, -0.2) is 4.39 Å². The number of nitrogens with one attached hydrogen (secondary N) is 2. The second-order valence-corrected chi connectivity index (χ2v) is 7.36. The summed E-state index contributed by atoms with van der Waals surface area (Å²) in [5, 5.41) is 6.11. The molecule has 160 valence electrons. The summed E-state index contributed by atoms with van der Waals surface area (Å²) in [6, 6.07) is 4.49. The zero-order chi connectivity index (χ0) is 20.6. The first-order chi connectivity index (χ1) is 14.1. The molecule has 3 rings (SSSR count). The predicted octanol–water partition coefficient (Wildman–Crippen LogP) is 1.71. The molecule has 0 saturated carbocycles. The Labute approximate surface area is 171 Å². The van der Waals surface area contributed by atoms with Crippen molar-refractivity contribution in [1.82, 2.24) is 15.5 Å². The van der Waals surface area contributed by atoms with Crippen LogP contribution in [-0.2, 0) is 9.47 Å². The van der Waals surface area contributed by atoms with Gasteiger partial charge < -0.3 is 25.0 Å². The quantitative estimate of drug-likeness (QED) is 0.427. The molecule has 0 bridgehead atoms. The lowest BCUT2D eigenvalue weighted by atomic mass is 10.1. The fourth-order valence-electron chi connectivity index (χ4n) is 3.58. The van der Waals surface area contributed by atoms with E-state index in [1.165, 1.54) is 6.07 Å². The van der Waals surface area contributed by atoms with Gasteiger partial charge in [0.1, 0.15) is 11.9 Å². The largest absolute Gasteiger partial charge is 0.375 e. The Morgan fingerprint density at radius 2 is 2.10 bits per heavy atom. The van der Waals surface area contributed by atoms with Gasteiger partial charge in [0.15, 0.2) is 5.96 Å². The van der Waals surface area contributed by atoms with Crippen LogP contribution in [0.5, 0.6) is 0 Å². The highest BCUT2D eigenvalue weighted by atomic mass is 19.1. The van der Waals surface area contributed by atoms with Crippen molar-refractivity contribution in [1.29, 1.82) is 0 Å². The monoisotopic (exact) mass is 406 g/mol. The van der Waals surface area contributed by atoms with Crippen LogP contribution in [0.25, 0.3) is 0 Å². The Hall–Kier alpha value is -2.19. The lowest BCUT2D eigenvalue weighted by Crippen LogP contribution is -2.53. The number of ether oxygens (including phenoxy) is 2. The van der Waals surface area contributed by atoms with Gasteiger partial charge in [0, 0.05) is 38.3 Å². The number of rotatable bonds is 6. The minimum absolute atomic E-state index is 0.0613. The maximum atomic E-state index is 13.6. The van der Waals surface area contributed by atoms with Crippen molar-refractivity contribution in [2.45, 2.75) is 38.9 Å². The highest BCUT2D eigenvalue weighted by molar-refractivity contribution is 5.94. The van der Waals surface area contributed by atoms with Crippen LogP contribution in [-0.4, -0.2) is 74.9 Å². The van der Waals surface area contributed by atoms with Gasteiger partial charge >= 0.3 is 0 Å². The molecule has 2 N–H and O–H groups in total. The Morgan fingerprint density at radius 3 is 2.83 bits per heavy atom. The average Bonchev–Trinajstić information content (AvgIpc) is 3.27. The molecule has 8 heteroatoms. The first-order valence-electron chi connectivity index (χ1n) is 10.4. The molecule has 2 saturated heterocycles. The number of benzene rings is 1. The number of halogens is 1. The molecule has 0 aromatic heterocycles. The van der Waals surface area contributed by atoms with E-state index in [2.05, 4.69) is 20.5 Å². The van der Waals surface area contributed by atoms with Crippen molar-refractivity contribution < 1.29 is 18.7 Å². The fraction of sp³-hybridized carbons (Fsp3) is 0.619. The molecule has 2 aliphatic rings. The van der Waals surface area contributed by atoms with E-state index >= 15 is 0 Å². The molecule has 2 unspecified atom stereocenters. The van der Waals surface area contributed by atoms with Crippen molar-refractivity contribution in [3.05, 3.63) is 35.1 Å². The second-order valence-electron chi connectivity index (χ2n) is 7.36. The summed E-state index contributed by atoms with van der Waals surface area (Å²) in [5.41, 5.74) is 0.838. The Kier molecular flexibility index (Phi) is 7.83. The number of nitrogens with zero attached hydrogens (tertiary/aromatic N) is 2. The van der Waals surface area contributed by atoms with E-state index in [1.807, 2.05) is 6.92 Å². The van der Waals surface area contributed by atoms with Crippen LogP contribution < -0.4 is 10.6 Å². The molecule has 2 heterocycles. The Bertz CT molecular complexity index is 722. The molecule has 2 atom stereocenters. The van der Waals surface area contributed by atoms with Gasteiger partial charge in [-0.05, 0) is 44.4 Å². The van der Waals surface area contributed by atoms with Crippen molar-refractivity contribution in [3.8, 4) is 0 Å². The van der Waals surface area contributed by atoms with Crippen LogP contribution in [0.3, 0.4) is 0 Å². The Morgan fingerprint density at radius 1 is 1.28 bits per heavy atom. The second kappa shape index (κ2) is 10.5. The van der Waals surface area contributed by atoms with E-state index < -0.39 is 0 Å². The summed E-state index contributed by atoms with van der Waals surface area (Å²) in [5.74, 6) is 0.140. The summed E-state index contributed by atoms with van der Waals surface area (Å²) < 4.78 is 25.3. The number of carbonyl (C=O) groups is 1. The molecular weight excluding hydrogens is 375 g/mol. The third-order valence-electron chi connectivity index (χ3n) is 5.20. The van der Waals surface area contributed by atoms with Crippen LogP contribution in [0.4, 0.5) is 4.39 Å². The lowest BCUT2D eigenvalue weighted by Gasteiger charge is -2.37. The highest BCUT2D eigenvalue weighted by Crippen LogP contribution is 2.21. The molecule has 7 nitrogen and oxygen atoms in total. The third kappa shape index (κ3) is 5.90. The zero-order valence-electron chi connectivity index (χ0n) is 17.2. The topological polar surface area (TPSA) is 75.2 Å². The number of aryl methyl sites for hydroxylation is 1. The minimum Gasteiger partial charge on any atom is -0.375 e. The molecule has 1 aromatic carbocycles. The van der Waals surface area contributed by atoms with Crippen LogP contribution in [0.1, 0.15) is 35.7 Å². The van der Waals surface area contributed by atoms with Gasteiger partial charge in [0.2, 0.25) is 0 Å². The molecule has 1 amide bonds. The molecule has 0 aliphatic carbocycles. The van der Waals surface area contributed by atoms with E-state index in [0.717, 1.165) is 45.0 Å². The third-order valence-corrected chi connectivity index (χ3v) is 5.20. The summed E-state index contributed by atoms with van der Waals surface area (Å²) in [6.45, 7) is 8.23. The van der Waals surface area contributed by atoms with E-state index in [4.69, 9.17) is 9.47 Å². The number of morpholine rings is 1. The maximum Gasteiger partial charge on any atom is 0.251 e. The van der Waals surface area contributed by atoms with Crippen LogP contribution in [0, 0.1) is 12.7 Å². The maximum absolute atomic E-state index is 13.6. The molecule has 2 aliphatic heterocycles. The zero-order valence-corrected chi connectivity index (χ0v) is 17.2. The molecule has 0 spiro atoms. The predicted molar refractivity (Wildman–Crippen MR) is 110 cm³/mol. The van der Waals surface area contributed by atoms with Crippen molar-refractivity contribution >= 4 is 11.9 Å². The van der Waals surface area contributed by atoms with Gasteiger partial charge in [-0.2, -0.15) is 0 Å². The van der Waals surface area contributed by atoms with E-state index in [-0.39, 0.29) is 23.9 Å². The van der Waals surface area contributed by atoms with Crippen LogP contribution in [0.2, 0.25) is 0 Å². The Balaban J connectivity index is 1.51. The van der Waals surface area contributed by atoms with E-state index in [0.29, 0.717) is 30.8 Å². The molecule has 2 fully saturated rings. The van der Waals surface area contributed by atoms with Crippen molar-refractivity contribution in [2.75, 3.05) is 45.9 Å². The number of hydrogen-bond donors (Lipinski definition) is 2. The summed E-state index contributed by atoms with van der Waals surface area (Å²) in [6.07, 6.45) is 2.35. The van der Waals surface area contributed by atoms with E-state index in [9.17, 15) is 9.18 Å². The first-order valence-corrected chi connectivity index (χ1v) is 10.4. The van der Waals surface area contributed by atoms with Gasteiger partial charge in [-0.15, -0.1) is 0 Å². The van der Waals surface area contributed by atoms with E-state index in [1.54, 1.807) is 19.1 Å². The summed E-state index contributed by atoms with van der Waals surface area (Å²) >= 11 is 0. The average molecular weight is 407 g/mol. The number of aliphatic imine (C=N–C) groups is 1. The van der Waals surface area contributed by atoms with Gasteiger partial charge in [0.25, 0.3) is 5.91 Å². The van der Waals surface area contributed by atoms with Crippen molar-refractivity contribution in [3.63, 3.8) is 0 Å². The van der Waals surface area contributed by atoms with Crippen LogP contribution >= 0.6 is 0 Å². The number of carbonyl (C=O) groups excluding carboxylic acids is 1. The standard InChI is InChI=1S/C21H31FN4O3/c1-3-23-21(26-10-12-29-19(14-26)18-5-4-11-28-18)25-9-8-24-20(27)16-7-6-15(2)17(22)13-16/h6-7,13,18-19H,3-5,8-12,14H2,1-2H3,(H,23,25)(H,24,27). The van der Waals surface area contributed by atoms with Gasteiger partial charge in [-0.1, -0.05) is 6.07 Å². The lowest BCUT2D eigenvalue weighted by molar-refractivity contribution is -0.0817. The van der Waals surface area contributed by atoms with Crippen LogP contribution in [0.15, 0.2) is 23.2 Å². The van der Waals surface area contributed by atoms with Gasteiger partial charge in [0.05, 0.1) is 19.3 Å². The highest BCUT2D eigenvalue weighted by Gasteiger charge is 2.32. The van der Waals surface area contributed by atoms with Gasteiger partial charge in [-0.3, -0.25) is 9.79 Å². The first kappa shape index (κ1) is 21.5. The molecular formula is C21H31FN4O3. The normalized spacial score (nSPS) is 22.6. The van der Waals surface area contributed by atoms with Crippen molar-refractivity contribution in [2.24, 2.45) is 4.99 Å². The molecule has 29 heavy (non-hydrogen) atoms. The number of amides is 1. The smallest absolute Gasteiger partial charge is 0.251 e. The number of guanidine groups is 1. The summed E-state index contributed by atoms with van der Waals surface area (Å²) in [4.78, 5) is 19.0. The molecule has 1 aromatic rings.